The Labute approximate surface area is 162 Å². The molecule has 0 fully saturated rings. The average molecular weight is 373 g/mol. The minimum absolute atomic E-state index is 0.440. The molecule has 0 amide bonds. The van der Waals surface area contributed by atoms with Gasteiger partial charge < -0.3 is 0 Å². The van der Waals surface area contributed by atoms with Crippen LogP contribution in [0.5, 0.6) is 0 Å². The summed E-state index contributed by atoms with van der Waals surface area (Å²) in [6.45, 7) is 4.08. The highest BCUT2D eigenvalue weighted by Crippen LogP contribution is 2.38. The van der Waals surface area contributed by atoms with E-state index >= 15 is 0 Å². The zero-order valence-electron chi connectivity index (χ0n) is 14.5. The van der Waals surface area contributed by atoms with Gasteiger partial charge >= 0.3 is 0 Å². The summed E-state index contributed by atoms with van der Waals surface area (Å²) >= 11 is 3.02. The van der Waals surface area contributed by atoms with Crippen LogP contribution < -0.4 is 0 Å². The molecule has 0 aromatic heterocycles. The van der Waals surface area contributed by atoms with Crippen LogP contribution in [-0.2, 0) is 0 Å². The van der Waals surface area contributed by atoms with Gasteiger partial charge in [-0.3, -0.25) is 0 Å². The van der Waals surface area contributed by atoms with Crippen molar-refractivity contribution in [2.75, 3.05) is 0 Å². The number of nitrogens with zero attached hydrogens (tertiary/aromatic N) is 2. The molecule has 4 heteroatoms. The molecule has 3 aromatic carbocycles. The van der Waals surface area contributed by atoms with Crippen molar-refractivity contribution in [1.82, 2.24) is 0 Å². The van der Waals surface area contributed by atoms with Crippen molar-refractivity contribution in [2.24, 2.45) is 0 Å². The topological polar surface area (TPSA) is 47.6 Å². The van der Waals surface area contributed by atoms with E-state index in [0.717, 1.165) is 19.6 Å². The lowest BCUT2D eigenvalue weighted by Crippen LogP contribution is -1.92. The van der Waals surface area contributed by atoms with Gasteiger partial charge in [-0.1, -0.05) is 58.9 Å². The summed E-state index contributed by atoms with van der Waals surface area (Å²) in [6, 6.07) is 24.6. The maximum Gasteiger partial charge on any atom is 0.102 e. The van der Waals surface area contributed by atoms with E-state index in [1.165, 1.54) is 34.7 Å². The first-order chi connectivity index (χ1) is 12.6. The van der Waals surface area contributed by atoms with Crippen LogP contribution in [-0.4, -0.2) is 0 Å². The van der Waals surface area contributed by atoms with E-state index < -0.39 is 0 Å². The Bertz CT molecular complexity index is 924. The first-order valence-corrected chi connectivity index (χ1v) is 9.70. The molecule has 0 aliphatic heterocycles. The zero-order valence-corrected chi connectivity index (χ0v) is 16.1. The molecule has 126 valence electrons. The second kappa shape index (κ2) is 8.15. The number of aryl methyl sites for hydroxylation is 2. The van der Waals surface area contributed by atoms with Crippen molar-refractivity contribution < 1.29 is 0 Å². The first-order valence-electron chi connectivity index (χ1n) is 8.07. The Kier molecular flexibility index (Phi) is 5.68. The van der Waals surface area contributed by atoms with E-state index in [1.54, 1.807) is 0 Å². The molecule has 3 aromatic rings. The number of rotatable bonds is 4. The van der Waals surface area contributed by atoms with E-state index in [-0.39, 0.29) is 0 Å². The van der Waals surface area contributed by atoms with Gasteiger partial charge in [0.25, 0.3) is 0 Å². The van der Waals surface area contributed by atoms with Crippen molar-refractivity contribution in [1.29, 1.82) is 10.5 Å². The minimum Gasteiger partial charge on any atom is -0.192 e. The van der Waals surface area contributed by atoms with Gasteiger partial charge in [-0.2, -0.15) is 10.5 Å². The molecule has 0 atom stereocenters. The fourth-order valence-corrected chi connectivity index (χ4v) is 4.25. The fourth-order valence-electron chi connectivity index (χ4n) is 2.42. The minimum atomic E-state index is 0.440. The SMILES string of the molecule is Cc1ccc(Sc2ccc(Sc3ccc(C)cc3)c(C#N)c2C#N)cc1. The molecule has 0 aliphatic rings. The van der Waals surface area contributed by atoms with Crippen LogP contribution in [0.15, 0.2) is 80.2 Å². The molecule has 0 radical (unpaired) electrons. The van der Waals surface area contributed by atoms with E-state index in [2.05, 4.69) is 12.1 Å². The van der Waals surface area contributed by atoms with Crippen LogP contribution in [0.3, 0.4) is 0 Å². The third kappa shape index (κ3) is 4.11. The second-order valence-electron chi connectivity index (χ2n) is 5.87. The van der Waals surface area contributed by atoms with Crippen LogP contribution in [0, 0.1) is 36.5 Å². The molecule has 0 spiro atoms. The summed E-state index contributed by atoms with van der Waals surface area (Å²) in [5, 5.41) is 19.3. The molecule has 3 rings (SSSR count). The van der Waals surface area contributed by atoms with Crippen LogP contribution in [0.1, 0.15) is 22.3 Å². The standard InChI is InChI=1S/C22H16N2S2/c1-15-3-7-17(8-4-15)25-21-11-12-22(20(14-24)19(21)13-23)26-18-9-5-16(2)6-10-18/h3-12H,1-2H3. The number of benzene rings is 3. The molecular weight excluding hydrogens is 356 g/mol. The Morgan fingerprint density at radius 1 is 0.577 bits per heavy atom. The maximum absolute atomic E-state index is 9.66. The van der Waals surface area contributed by atoms with E-state index in [1.807, 2.05) is 74.5 Å². The van der Waals surface area contributed by atoms with Gasteiger partial charge in [-0.15, -0.1) is 0 Å². The lowest BCUT2D eigenvalue weighted by atomic mass is 10.1. The summed E-state index contributed by atoms with van der Waals surface area (Å²) in [4.78, 5) is 3.71. The number of nitriles is 2. The maximum atomic E-state index is 9.66. The molecule has 0 aliphatic carbocycles. The molecule has 0 heterocycles. The normalized spacial score (nSPS) is 10.2. The van der Waals surface area contributed by atoms with E-state index in [0.29, 0.717) is 11.1 Å². The Balaban J connectivity index is 1.96. The third-order valence-electron chi connectivity index (χ3n) is 3.85. The summed E-state index contributed by atoms with van der Waals surface area (Å²) in [5.41, 5.74) is 3.26. The van der Waals surface area contributed by atoms with Gasteiger partial charge in [0.1, 0.15) is 12.1 Å². The monoisotopic (exact) mass is 372 g/mol. The quantitative estimate of drug-likeness (QED) is 0.535. The molecule has 26 heavy (non-hydrogen) atoms. The Hall–Kier alpha value is -2.66. The van der Waals surface area contributed by atoms with Gasteiger partial charge in [0.05, 0.1) is 11.1 Å². The van der Waals surface area contributed by atoms with Gasteiger partial charge in [-0.25, -0.2) is 0 Å². The van der Waals surface area contributed by atoms with Crippen molar-refractivity contribution >= 4 is 23.5 Å². The fraction of sp³-hybridized carbons (Fsp3) is 0.0909. The van der Waals surface area contributed by atoms with Crippen LogP contribution in [0.4, 0.5) is 0 Å². The lowest BCUT2D eigenvalue weighted by Gasteiger charge is -2.10. The molecule has 0 bridgehead atoms. The van der Waals surface area contributed by atoms with Crippen LogP contribution >= 0.6 is 23.5 Å². The van der Waals surface area contributed by atoms with E-state index in [9.17, 15) is 10.5 Å². The van der Waals surface area contributed by atoms with E-state index in [4.69, 9.17) is 0 Å². The van der Waals surface area contributed by atoms with Gasteiger partial charge in [-0.05, 0) is 50.2 Å². The van der Waals surface area contributed by atoms with Crippen molar-refractivity contribution in [3.63, 3.8) is 0 Å². The summed E-state index contributed by atoms with van der Waals surface area (Å²) in [6.07, 6.45) is 0. The average Bonchev–Trinajstić information content (AvgIpc) is 2.66. The van der Waals surface area contributed by atoms with Crippen molar-refractivity contribution in [3.8, 4) is 12.1 Å². The first kappa shape index (κ1) is 18.1. The summed E-state index contributed by atoms with van der Waals surface area (Å²) < 4.78 is 0. The predicted molar refractivity (Wildman–Crippen MR) is 106 cm³/mol. The van der Waals surface area contributed by atoms with Gasteiger partial charge in [0.2, 0.25) is 0 Å². The largest absolute Gasteiger partial charge is 0.192 e. The van der Waals surface area contributed by atoms with Gasteiger partial charge in [0.15, 0.2) is 0 Å². The van der Waals surface area contributed by atoms with Crippen LogP contribution in [0.2, 0.25) is 0 Å². The third-order valence-corrected chi connectivity index (χ3v) is 5.99. The number of hydrogen-bond donors (Lipinski definition) is 0. The predicted octanol–water partition coefficient (Wildman–Crippen LogP) is 6.35. The molecule has 0 saturated heterocycles. The molecular formula is C22H16N2S2. The summed E-state index contributed by atoms with van der Waals surface area (Å²) in [7, 11) is 0. The number of hydrogen-bond acceptors (Lipinski definition) is 4. The molecule has 0 N–H and O–H groups in total. The highest BCUT2D eigenvalue weighted by Gasteiger charge is 2.15. The van der Waals surface area contributed by atoms with Crippen LogP contribution in [0.25, 0.3) is 0 Å². The molecule has 0 unspecified atom stereocenters. The van der Waals surface area contributed by atoms with Crippen molar-refractivity contribution in [2.45, 2.75) is 33.4 Å². The smallest absolute Gasteiger partial charge is 0.102 e. The Morgan fingerprint density at radius 2 is 0.923 bits per heavy atom. The lowest BCUT2D eigenvalue weighted by molar-refractivity contribution is 1.24. The molecule has 2 nitrogen and oxygen atoms in total. The highest BCUT2D eigenvalue weighted by molar-refractivity contribution is 8.00. The second-order valence-corrected chi connectivity index (χ2v) is 8.10. The zero-order chi connectivity index (χ0) is 18.5. The van der Waals surface area contributed by atoms with Gasteiger partial charge in [0, 0.05) is 19.6 Å². The summed E-state index contributed by atoms with van der Waals surface area (Å²) in [5.74, 6) is 0. The highest BCUT2D eigenvalue weighted by atomic mass is 32.2. The Morgan fingerprint density at radius 3 is 1.23 bits per heavy atom. The van der Waals surface area contributed by atoms with Crippen molar-refractivity contribution in [3.05, 3.63) is 82.9 Å². The molecule has 0 saturated carbocycles.